The Labute approximate surface area is 342 Å². The molecule has 2 atom stereocenters. The van der Waals surface area contributed by atoms with Crippen molar-refractivity contribution in [3.8, 4) is 28.3 Å². The van der Waals surface area contributed by atoms with Gasteiger partial charge in [0, 0.05) is 75.8 Å². The number of pyridine rings is 2. The summed E-state index contributed by atoms with van der Waals surface area (Å²) in [5.41, 5.74) is 2.53. The van der Waals surface area contributed by atoms with E-state index in [0.717, 1.165) is 59.0 Å². The number of likely N-dealkylation sites (tertiary alicyclic amines) is 1. The van der Waals surface area contributed by atoms with Gasteiger partial charge in [-0.2, -0.15) is 13.2 Å². The van der Waals surface area contributed by atoms with Crippen LogP contribution >= 0.6 is 11.6 Å². The van der Waals surface area contributed by atoms with Crippen LogP contribution in [0, 0.1) is 6.92 Å². The molecule has 2 N–H and O–H groups in total. The molecule has 5 heterocycles. The molecule has 2 aliphatic heterocycles. The van der Waals surface area contributed by atoms with Crippen molar-refractivity contribution < 1.29 is 27.4 Å². The molecular formula is C42H44ClF3N8O5. The molecule has 8 rings (SSSR count). The number of anilines is 2. The number of alkyl halides is 3. The van der Waals surface area contributed by atoms with Gasteiger partial charge in [0.15, 0.2) is 0 Å². The fourth-order valence-electron chi connectivity index (χ4n) is 8.90. The molecule has 0 saturated carbocycles. The van der Waals surface area contributed by atoms with E-state index in [4.69, 9.17) is 26.1 Å². The third-order valence-corrected chi connectivity index (χ3v) is 12.5. The van der Waals surface area contributed by atoms with Crippen molar-refractivity contribution in [1.82, 2.24) is 34.2 Å². The molecule has 59 heavy (non-hydrogen) atoms. The molecule has 3 aromatic heterocycles. The number of ether oxygens (including phenoxy) is 2. The summed E-state index contributed by atoms with van der Waals surface area (Å²) in [5, 5.41) is 6.53. The average molecular weight is 833 g/mol. The molecular weight excluding hydrogens is 789 g/mol. The number of hydrogen-bond donors (Lipinski definition) is 2. The molecule has 2 fully saturated rings. The van der Waals surface area contributed by atoms with Gasteiger partial charge in [-0.05, 0) is 67.5 Å². The number of fused-ring (bicyclic) bond motifs is 2. The summed E-state index contributed by atoms with van der Waals surface area (Å²) in [6.07, 6.45) is -1.43. The van der Waals surface area contributed by atoms with E-state index in [1.165, 1.54) is 14.1 Å². The van der Waals surface area contributed by atoms with Crippen LogP contribution in [0.2, 0.25) is 5.02 Å². The number of amides is 2. The summed E-state index contributed by atoms with van der Waals surface area (Å²) >= 11 is 7.23. The van der Waals surface area contributed by atoms with Crippen LogP contribution in [0.25, 0.3) is 33.3 Å². The van der Waals surface area contributed by atoms with Gasteiger partial charge in [0.1, 0.15) is 16.9 Å². The largest absolute Gasteiger partial charge is 0.481 e. The minimum atomic E-state index is -4.85. The number of carbonyl (C=O) groups is 1. The van der Waals surface area contributed by atoms with Gasteiger partial charge in [-0.3, -0.25) is 18.8 Å². The number of aromatic nitrogens is 4. The molecule has 0 bridgehead atoms. The molecule has 17 heteroatoms. The zero-order valence-corrected chi connectivity index (χ0v) is 34.1. The van der Waals surface area contributed by atoms with E-state index in [-0.39, 0.29) is 34.3 Å². The van der Waals surface area contributed by atoms with E-state index in [2.05, 4.69) is 26.6 Å². The number of benzene rings is 2. The van der Waals surface area contributed by atoms with E-state index >= 15 is 0 Å². The summed E-state index contributed by atoms with van der Waals surface area (Å²) in [6.45, 7) is 5.12. The van der Waals surface area contributed by atoms with Crippen molar-refractivity contribution in [1.29, 1.82) is 0 Å². The lowest BCUT2D eigenvalue weighted by molar-refractivity contribution is -0.141. The van der Waals surface area contributed by atoms with Gasteiger partial charge in [-0.1, -0.05) is 41.9 Å². The first-order valence-electron chi connectivity index (χ1n) is 19.4. The van der Waals surface area contributed by atoms with Crippen LogP contribution in [0.15, 0.2) is 58.1 Å². The quantitative estimate of drug-likeness (QED) is 0.169. The van der Waals surface area contributed by atoms with Gasteiger partial charge < -0.3 is 25.0 Å². The predicted octanol–water partition coefficient (Wildman–Crippen LogP) is 6.59. The van der Waals surface area contributed by atoms with Crippen molar-refractivity contribution in [3.63, 3.8) is 0 Å². The Morgan fingerprint density at radius 3 is 2.44 bits per heavy atom. The minimum Gasteiger partial charge on any atom is -0.481 e. The van der Waals surface area contributed by atoms with Gasteiger partial charge in [-0.25, -0.2) is 19.6 Å². The maximum Gasteiger partial charge on any atom is 0.433 e. The first-order valence-corrected chi connectivity index (χ1v) is 19.7. The Hall–Kier alpha value is -5.45. The van der Waals surface area contributed by atoms with E-state index in [9.17, 15) is 27.6 Å². The topological polar surface area (TPSA) is 136 Å². The van der Waals surface area contributed by atoms with Crippen LogP contribution in [0.1, 0.15) is 47.7 Å². The number of nitrogens with one attached hydrogen (secondary N) is 2. The van der Waals surface area contributed by atoms with Gasteiger partial charge in [0.25, 0.3) is 5.56 Å². The maximum absolute atomic E-state index is 14.1. The van der Waals surface area contributed by atoms with Gasteiger partial charge in [0.2, 0.25) is 5.88 Å². The third-order valence-electron chi connectivity index (χ3n) is 12.1. The fraction of sp³-hybridized carbons (Fsp3) is 0.405. The standard InChI is InChI=1S/C42H44ClF3N8O5/c1-23-25(8-7-11-28(23)47-36-34-31(21-32(49-36)42(44,45)46)51(2)40(57)52(3)38(34)55)26-9-6-10-27(35(26)43)29-20-24-12-13-30(33(24)37(48-29)59-5)54-17-15-41(22-54)14-16-53(18-19-58-4)39(56)50-41/h6-11,20-21,30H,12-19,22H2,1-5H3,(H,47,49)(H,50,56)/t30-,41-/m0/s1. The molecule has 0 unspecified atom stereocenters. The van der Waals surface area contributed by atoms with Crippen molar-refractivity contribution in [2.24, 2.45) is 14.1 Å². The first kappa shape index (κ1) is 40.3. The van der Waals surface area contributed by atoms with E-state index in [1.807, 2.05) is 29.2 Å². The number of rotatable bonds is 9. The highest BCUT2D eigenvalue weighted by molar-refractivity contribution is 6.36. The van der Waals surface area contributed by atoms with Crippen molar-refractivity contribution >= 4 is 40.0 Å². The lowest BCUT2D eigenvalue weighted by Crippen LogP contribution is -2.61. The second kappa shape index (κ2) is 15.3. The van der Waals surface area contributed by atoms with Crippen molar-refractivity contribution in [2.45, 2.75) is 50.4 Å². The summed E-state index contributed by atoms with van der Waals surface area (Å²) in [5.74, 6) is 0.184. The number of aryl methyl sites for hydroxylation is 2. The summed E-state index contributed by atoms with van der Waals surface area (Å²) in [7, 11) is 5.81. The summed E-state index contributed by atoms with van der Waals surface area (Å²) in [4.78, 5) is 52.0. The summed E-state index contributed by atoms with van der Waals surface area (Å²) < 4.78 is 55.1. The lowest BCUT2D eigenvalue weighted by atomic mass is 9.92. The van der Waals surface area contributed by atoms with Gasteiger partial charge in [-0.15, -0.1) is 0 Å². The normalized spacial score (nSPS) is 19.4. The van der Waals surface area contributed by atoms with E-state index in [1.54, 1.807) is 33.3 Å². The molecule has 2 saturated heterocycles. The third kappa shape index (κ3) is 7.10. The zero-order chi connectivity index (χ0) is 42.0. The van der Waals surface area contributed by atoms with Crippen LogP contribution in [0.4, 0.5) is 29.5 Å². The number of halogens is 4. The summed E-state index contributed by atoms with van der Waals surface area (Å²) in [6, 6.07) is 13.7. The highest BCUT2D eigenvalue weighted by Gasteiger charge is 2.46. The first-order chi connectivity index (χ1) is 28.1. The molecule has 3 aliphatic rings. The molecule has 13 nitrogen and oxygen atoms in total. The number of nitrogens with zero attached hydrogens (tertiary/aromatic N) is 6. The minimum absolute atomic E-state index is 0.0503. The second-order valence-corrected chi connectivity index (χ2v) is 15.9. The molecule has 310 valence electrons. The highest BCUT2D eigenvalue weighted by Crippen LogP contribution is 2.47. The highest BCUT2D eigenvalue weighted by atomic mass is 35.5. The number of carbonyl (C=O) groups excluding carboxylic acids is 1. The van der Waals surface area contributed by atoms with Gasteiger partial charge >= 0.3 is 17.9 Å². The molecule has 0 radical (unpaired) electrons. The molecule has 1 aliphatic carbocycles. The van der Waals surface area contributed by atoms with Crippen molar-refractivity contribution in [2.75, 3.05) is 52.3 Å². The predicted molar refractivity (Wildman–Crippen MR) is 218 cm³/mol. The number of urea groups is 1. The van der Waals surface area contributed by atoms with Crippen LogP contribution in [0.5, 0.6) is 5.88 Å². The molecule has 2 amide bonds. The van der Waals surface area contributed by atoms with Gasteiger partial charge in [0.05, 0.1) is 35.5 Å². The molecule has 1 spiro atoms. The van der Waals surface area contributed by atoms with Crippen LogP contribution in [-0.4, -0.2) is 87.5 Å². The molecule has 5 aromatic rings. The Kier molecular flexibility index (Phi) is 10.5. The van der Waals surface area contributed by atoms with E-state index in [0.29, 0.717) is 70.3 Å². The Balaban J connectivity index is 1.10. The Morgan fingerprint density at radius 1 is 0.983 bits per heavy atom. The monoisotopic (exact) mass is 832 g/mol. The zero-order valence-electron chi connectivity index (χ0n) is 33.3. The van der Waals surface area contributed by atoms with Crippen LogP contribution in [0.3, 0.4) is 0 Å². The van der Waals surface area contributed by atoms with Crippen LogP contribution in [-0.2, 0) is 31.4 Å². The number of methoxy groups -OCH3 is 2. The molecule has 2 aromatic carbocycles. The smallest absolute Gasteiger partial charge is 0.433 e. The fourth-order valence-corrected chi connectivity index (χ4v) is 9.23. The lowest BCUT2D eigenvalue weighted by Gasteiger charge is -2.40. The Morgan fingerprint density at radius 2 is 1.71 bits per heavy atom. The van der Waals surface area contributed by atoms with E-state index < -0.39 is 23.1 Å². The average Bonchev–Trinajstić information content (AvgIpc) is 3.83. The SMILES string of the molecule is COCCN1CC[C@@]2(CCN([C@H]3CCc4cc(-c5cccc(-c6cccc(Nc7nc(C(F)(F)F)cc8c7c(=O)n(C)c(=O)n8C)c6C)c5Cl)nc(OC)c43)C2)NC1=O. The Bertz CT molecular complexity index is 2630. The van der Waals surface area contributed by atoms with Crippen LogP contribution < -0.4 is 26.6 Å². The van der Waals surface area contributed by atoms with Crippen molar-refractivity contribution in [3.05, 3.63) is 96.8 Å². The maximum atomic E-state index is 14.1. The second-order valence-electron chi connectivity index (χ2n) is 15.5. The number of hydrogen-bond acceptors (Lipinski definition) is 9.